The Morgan fingerprint density at radius 3 is 3.00 bits per heavy atom. The summed E-state index contributed by atoms with van der Waals surface area (Å²) in [6.45, 7) is 2.94. The first kappa shape index (κ1) is 10.7. The van der Waals surface area contributed by atoms with Gasteiger partial charge in [0.1, 0.15) is 0 Å². The lowest BCUT2D eigenvalue weighted by atomic mass is 10.2. The molecule has 14 heavy (non-hydrogen) atoms. The van der Waals surface area contributed by atoms with Crippen LogP contribution in [0.3, 0.4) is 0 Å². The molecule has 0 radical (unpaired) electrons. The van der Waals surface area contributed by atoms with Crippen LogP contribution in [-0.2, 0) is 11.3 Å². The first-order valence-corrected chi connectivity index (χ1v) is 4.76. The summed E-state index contributed by atoms with van der Waals surface area (Å²) in [5, 5.41) is 7.53. The number of nitrogens with zero attached hydrogens (tertiary/aromatic N) is 3. The van der Waals surface area contributed by atoms with Crippen molar-refractivity contribution in [1.29, 1.82) is 0 Å². The molecule has 0 saturated carbocycles. The molecule has 0 amide bonds. The highest BCUT2D eigenvalue weighted by atomic mass is 16.5. The predicted octanol–water partition coefficient (Wildman–Crippen LogP) is 1.25. The monoisotopic (exact) mass is 197 g/mol. The standard InChI is InChI=1S/C9H15N3O2/c1-3-4-5-6-12-7-8(10-11-12)9(13)14-2/h7H,3-6H2,1-2H3. The van der Waals surface area contributed by atoms with Crippen LogP contribution in [0.15, 0.2) is 6.20 Å². The van der Waals surface area contributed by atoms with Crippen molar-refractivity contribution in [3.8, 4) is 0 Å². The first-order valence-electron chi connectivity index (χ1n) is 4.76. The Kier molecular flexibility index (Phi) is 4.10. The fourth-order valence-corrected chi connectivity index (χ4v) is 1.13. The summed E-state index contributed by atoms with van der Waals surface area (Å²) in [5.74, 6) is -0.438. The first-order chi connectivity index (χ1) is 6.77. The summed E-state index contributed by atoms with van der Waals surface area (Å²) in [5.41, 5.74) is 0.268. The third-order valence-corrected chi connectivity index (χ3v) is 1.92. The molecule has 5 heteroatoms. The maximum Gasteiger partial charge on any atom is 0.360 e. The van der Waals surface area contributed by atoms with Gasteiger partial charge in [-0.25, -0.2) is 4.79 Å². The SMILES string of the molecule is CCCCCn1cc(C(=O)OC)nn1. The van der Waals surface area contributed by atoms with Gasteiger partial charge in [0.15, 0.2) is 5.69 Å². The minimum Gasteiger partial charge on any atom is -0.464 e. The number of ether oxygens (including phenoxy) is 1. The molecule has 0 unspecified atom stereocenters. The van der Waals surface area contributed by atoms with Crippen LogP contribution in [0.25, 0.3) is 0 Å². The molecular weight excluding hydrogens is 182 g/mol. The molecule has 0 spiro atoms. The van der Waals surface area contributed by atoms with Crippen molar-refractivity contribution in [1.82, 2.24) is 15.0 Å². The van der Waals surface area contributed by atoms with E-state index in [9.17, 15) is 4.79 Å². The molecule has 0 atom stereocenters. The van der Waals surface area contributed by atoms with Gasteiger partial charge in [-0.1, -0.05) is 25.0 Å². The lowest BCUT2D eigenvalue weighted by Gasteiger charge is -1.97. The number of carbonyl (C=O) groups excluding carboxylic acids is 1. The van der Waals surface area contributed by atoms with Gasteiger partial charge in [-0.3, -0.25) is 4.68 Å². The second-order valence-electron chi connectivity index (χ2n) is 3.07. The molecule has 0 aliphatic carbocycles. The highest BCUT2D eigenvalue weighted by Crippen LogP contribution is 1.99. The fraction of sp³-hybridized carbons (Fsp3) is 0.667. The van der Waals surface area contributed by atoms with Crippen molar-refractivity contribution in [2.45, 2.75) is 32.7 Å². The normalized spacial score (nSPS) is 10.1. The van der Waals surface area contributed by atoms with E-state index in [1.54, 1.807) is 10.9 Å². The molecule has 1 heterocycles. The van der Waals surface area contributed by atoms with Crippen LogP contribution in [-0.4, -0.2) is 28.1 Å². The van der Waals surface area contributed by atoms with Crippen LogP contribution >= 0.6 is 0 Å². The molecule has 0 aliphatic heterocycles. The summed E-state index contributed by atoms with van der Waals surface area (Å²) in [7, 11) is 1.33. The lowest BCUT2D eigenvalue weighted by molar-refractivity contribution is 0.0594. The van der Waals surface area contributed by atoms with E-state index < -0.39 is 5.97 Å². The van der Waals surface area contributed by atoms with Gasteiger partial charge in [-0.05, 0) is 6.42 Å². The Morgan fingerprint density at radius 2 is 2.36 bits per heavy atom. The van der Waals surface area contributed by atoms with Crippen LogP contribution in [0.5, 0.6) is 0 Å². The van der Waals surface area contributed by atoms with Crippen LogP contribution in [0.2, 0.25) is 0 Å². The smallest absolute Gasteiger partial charge is 0.360 e. The Hall–Kier alpha value is -1.39. The Morgan fingerprint density at radius 1 is 1.57 bits per heavy atom. The molecule has 5 nitrogen and oxygen atoms in total. The average Bonchev–Trinajstić information content (AvgIpc) is 2.66. The van der Waals surface area contributed by atoms with Gasteiger partial charge in [0.2, 0.25) is 0 Å². The molecule has 78 valence electrons. The Bertz CT molecular complexity index is 296. The zero-order valence-electron chi connectivity index (χ0n) is 8.56. The van der Waals surface area contributed by atoms with E-state index in [2.05, 4.69) is 22.0 Å². The van der Waals surface area contributed by atoms with Gasteiger partial charge >= 0.3 is 5.97 Å². The number of unbranched alkanes of at least 4 members (excludes halogenated alkanes) is 2. The van der Waals surface area contributed by atoms with Crippen molar-refractivity contribution in [3.05, 3.63) is 11.9 Å². The van der Waals surface area contributed by atoms with E-state index in [0.717, 1.165) is 19.4 Å². The second-order valence-corrected chi connectivity index (χ2v) is 3.07. The van der Waals surface area contributed by atoms with Crippen LogP contribution < -0.4 is 0 Å². The lowest BCUT2D eigenvalue weighted by Crippen LogP contribution is -2.01. The zero-order chi connectivity index (χ0) is 10.4. The highest BCUT2D eigenvalue weighted by Gasteiger charge is 2.09. The minimum absolute atomic E-state index is 0.268. The molecule has 1 aromatic rings. The van der Waals surface area contributed by atoms with Gasteiger partial charge in [0.25, 0.3) is 0 Å². The van der Waals surface area contributed by atoms with E-state index in [-0.39, 0.29) is 5.69 Å². The van der Waals surface area contributed by atoms with Crippen molar-refractivity contribution >= 4 is 5.97 Å². The maximum atomic E-state index is 11.0. The quantitative estimate of drug-likeness (QED) is 0.526. The van der Waals surface area contributed by atoms with E-state index in [1.165, 1.54) is 13.5 Å². The molecule has 1 aromatic heterocycles. The summed E-state index contributed by atoms with van der Waals surface area (Å²) in [6, 6.07) is 0. The van der Waals surface area contributed by atoms with Gasteiger partial charge in [0.05, 0.1) is 13.3 Å². The fourth-order valence-electron chi connectivity index (χ4n) is 1.13. The minimum atomic E-state index is -0.438. The van der Waals surface area contributed by atoms with Gasteiger partial charge < -0.3 is 4.74 Å². The molecule has 0 aliphatic rings. The van der Waals surface area contributed by atoms with Crippen LogP contribution in [0.1, 0.15) is 36.7 Å². The van der Waals surface area contributed by atoms with Crippen molar-refractivity contribution in [2.24, 2.45) is 0 Å². The zero-order valence-corrected chi connectivity index (χ0v) is 8.56. The summed E-state index contributed by atoms with van der Waals surface area (Å²) >= 11 is 0. The Labute approximate surface area is 83.1 Å². The number of esters is 1. The predicted molar refractivity (Wildman–Crippen MR) is 50.9 cm³/mol. The highest BCUT2D eigenvalue weighted by molar-refractivity contribution is 5.86. The number of methoxy groups -OCH3 is 1. The van der Waals surface area contributed by atoms with E-state index >= 15 is 0 Å². The molecule has 1 rings (SSSR count). The van der Waals surface area contributed by atoms with E-state index in [1.807, 2.05) is 0 Å². The second kappa shape index (κ2) is 5.36. The molecule has 0 fully saturated rings. The van der Waals surface area contributed by atoms with Gasteiger partial charge in [-0.15, -0.1) is 5.10 Å². The number of rotatable bonds is 5. The topological polar surface area (TPSA) is 57.0 Å². The summed E-state index contributed by atoms with van der Waals surface area (Å²) in [6.07, 6.45) is 4.99. The van der Waals surface area contributed by atoms with Crippen molar-refractivity contribution in [3.63, 3.8) is 0 Å². The number of hydrogen-bond donors (Lipinski definition) is 0. The largest absolute Gasteiger partial charge is 0.464 e. The number of aryl methyl sites for hydroxylation is 1. The summed E-state index contributed by atoms with van der Waals surface area (Å²) < 4.78 is 6.19. The van der Waals surface area contributed by atoms with Crippen LogP contribution in [0.4, 0.5) is 0 Å². The number of aromatic nitrogens is 3. The van der Waals surface area contributed by atoms with E-state index in [4.69, 9.17) is 0 Å². The average molecular weight is 197 g/mol. The molecule has 0 aromatic carbocycles. The maximum absolute atomic E-state index is 11.0. The number of carbonyl (C=O) groups is 1. The van der Waals surface area contributed by atoms with E-state index in [0.29, 0.717) is 0 Å². The molecule has 0 bridgehead atoms. The van der Waals surface area contributed by atoms with Crippen molar-refractivity contribution in [2.75, 3.05) is 7.11 Å². The van der Waals surface area contributed by atoms with Gasteiger partial charge in [-0.2, -0.15) is 0 Å². The third kappa shape index (κ3) is 2.83. The Balaban J connectivity index is 2.46. The van der Waals surface area contributed by atoms with Gasteiger partial charge in [0, 0.05) is 6.54 Å². The van der Waals surface area contributed by atoms with Crippen molar-refractivity contribution < 1.29 is 9.53 Å². The summed E-state index contributed by atoms with van der Waals surface area (Å²) in [4.78, 5) is 11.0. The third-order valence-electron chi connectivity index (χ3n) is 1.92. The molecular formula is C9H15N3O2. The molecule has 0 N–H and O–H groups in total. The number of hydrogen-bond acceptors (Lipinski definition) is 4. The molecule has 0 saturated heterocycles. The van der Waals surface area contributed by atoms with Crippen LogP contribution in [0, 0.1) is 0 Å².